The van der Waals surface area contributed by atoms with Gasteiger partial charge in [0.05, 0.1) is 25.3 Å². The monoisotopic (exact) mass is 424 g/mol. The molecule has 0 aliphatic carbocycles. The van der Waals surface area contributed by atoms with E-state index in [2.05, 4.69) is 15.9 Å². The lowest BCUT2D eigenvalue weighted by molar-refractivity contribution is 0.0383. The molecule has 0 bridgehead atoms. The topological polar surface area (TPSA) is 60.8 Å². The second-order valence-corrected chi connectivity index (χ2v) is 6.95. The van der Waals surface area contributed by atoms with Crippen molar-refractivity contribution in [2.75, 3.05) is 20.8 Å². The van der Waals surface area contributed by atoms with Crippen LogP contribution < -0.4 is 0 Å². The van der Waals surface area contributed by atoms with E-state index in [9.17, 15) is 14.0 Å². The molecule has 0 fully saturated rings. The summed E-state index contributed by atoms with van der Waals surface area (Å²) in [7, 11) is 2.82. The second kappa shape index (κ2) is 7.59. The van der Waals surface area contributed by atoms with Crippen LogP contribution in [0.15, 0.2) is 34.9 Å². The summed E-state index contributed by atoms with van der Waals surface area (Å²) >= 11 is 3.38. The first-order valence-electron chi connectivity index (χ1n) is 7.97. The summed E-state index contributed by atoms with van der Waals surface area (Å²) in [5.74, 6) is -1.26. The molecule has 8 heteroatoms. The van der Waals surface area contributed by atoms with Gasteiger partial charge in [-0.15, -0.1) is 0 Å². The first kappa shape index (κ1) is 18.6. The normalized spacial score (nSPS) is 16.5. The van der Waals surface area contributed by atoms with Crippen molar-refractivity contribution in [2.24, 2.45) is 0 Å². The fourth-order valence-corrected chi connectivity index (χ4v) is 3.63. The maximum atomic E-state index is 13.8. The highest BCUT2D eigenvalue weighted by Crippen LogP contribution is 2.26. The van der Waals surface area contributed by atoms with E-state index in [1.165, 1.54) is 25.3 Å². The van der Waals surface area contributed by atoms with Gasteiger partial charge in [0.25, 0.3) is 5.91 Å². The molecule has 1 aliphatic heterocycles. The molecule has 1 aliphatic rings. The molecule has 3 rings (SSSR count). The summed E-state index contributed by atoms with van der Waals surface area (Å²) < 4.78 is 26.5. The van der Waals surface area contributed by atoms with Gasteiger partial charge in [0, 0.05) is 30.9 Å². The number of hydrogen-bond donors (Lipinski definition) is 0. The Kier molecular flexibility index (Phi) is 5.43. The first-order chi connectivity index (χ1) is 12.4. The second-order valence-electron chi connectivity index (χ2n) is 6.03. The molecule has 138 valence electrons. The molecule has 1 aromatic carbocycles. The third-order valence-electron chi connectivity index (χ3n) is 4.36. The number of methoxy groups -OCH3 is 2. The van der Waals surface area contributed by atoms with Crippen LogP contribution in [0.1, 0.15) is 26.4 Å². The molecule has 0 radical (unpaired) electrons. The van der Waals surface area contributed by atoms with Crippen LogP contribution in [-0.4, -0.2) is 48.2 Å². The largest absolute Gasteiger partial charge is 0.465 e. The number of nitrogens with zero attached hydrogens (tertiary/aromatic N) is 2. The van der Waals surface area contributed by atoms with Gasteiger partial charge >= 0.3 is 5.97 Å². The molecule has 1 amide bonds. The van der Waals surface area contributed by atoms with E-state index in [-0.39, 0.29) is 24.1 Å². The number of halogens is 2. The Hall–Kier alpha value is -2.19. The van der Waals surface area contributed by atoms with E-state index in [0.29, 0.717) is 24.4 Å². The van der Waals surface area contributed by atoms with Crippen molar-refractivity contribution in [1.29, 1.82) is 0 Å². The number of benzene rings is 1. The van der Waals surface area contributed by atoms with E-state index < -0.39 is 11.8 Å². The summed E-state index contributed by atoms with van der Waals surface area (Å²) in [5.41, 5.74) is 1.16. The van der Waals surface area contributed by atoms with Gasteiger partial charge in [0.1, 0.15) is 11.5 Å². The quantitative estimate of drug-likeness (QED) is 0.692. The van der Waals surface area contributed by atoms with E-state index in [1.54, 1.807) is 18.1 Å². The third kappa shape index (κ3) is 3.52. The van der Waals surface area contributed by atoms with Gasteiger partial charge in [-0.25, -0.2) is 9.18 Å². The molecule has 0 N–H and O–H groups in total. The third-order valence-corrected chi connectivity index (χ3v) is 4.80. The molecular formula is C18H18BrFN2O4. The Labute approximate surface area is 158 Å². The van der Waals surface area contributed by atoms with Crippen LogP contribution in [0, 0.1) is 5.82 Å². The molecule has 0 spiro atoms. The molecule has 0 saturated carbocycles. The minimum Gasteiger partial charge on any atom is -0.465 e. The minimum atomic E-state index is -0.570. The summed E-state index contributed by atoms with van der Waals surface area (Å²) in [5, 5.41) is 0. The molecule has 0 saturated heterocycles. The Bertz CT molecular complexity index is 852. The standard InChI is InChI=1S/C18H18BrFN2O4/c1-25-10-14-9-21-8-12(19)6-16(21)17(23)22(14)7-11-5-13(20)3-4-15(11)18(24)26-2/h3-6,8,14H,7,9-10H2,1-2H3/t14-/m1/s1. The zero-order chi connectivity index (χ0) is 18.8. The van der Waals surface area contributed by atoms with Crippen molar-refractivity contribution < 1.29 is 23.5 Å². The van der Waals surface area contributed by atoms with Crippen LogP contribution in [0.4, 0.5) is 4.39 Å². The molecule has 26 heavy (non-hydrogen) atoms. The molecule has 6 nitrogen and oxygen atoms in total. The van der Waals surface area contributed by atoms with Gasteiger partial charge < -0.3 is 18.9 Å². The van der Waals surface area contributed by atoms with E-state index >= 15 is 0 Å². The van der Waals surface area contributed by atoms with Crippen molar-refractivity contribution in [1.82, 2.24) is 9.47 Å². The Morgan fingerprint density at radius 3 is 2.81 bits per heavy atom. The maximum Gasteiger partial charge on any atom is 0.338 e. The number of carbonyl (C=O) groups excluding carboxylic acids is 2. The van der Waals surface area contributed by atoms with Crippen LogP contribution in [0.25, 0.3) is 0 Å². The summed E-state index contributed by atoms with van der Waals surface area (Å²) in [6, 6.07) is 5.32. The van der Waals surface area contributed by atoms with Crippen molar-refractivity contribution in [2.45, 2.75) is 19.1 Å². The van der Waals surface area contributed by atoms with Gasteiger partial charge in [-0.1, -0.05) is 0 Å². The number of ether oxygens (including phenoxy) is 2. The highest BCUT2D eigenvalue weighted by atomic mass is 79.9. The number of fused-ring (bicyclic) bond motifs is 1. The molecule has 1 atom stereocenters. The van der Waals surface area contributed by atoms with E-state index in [4.69, 9.17) is 9.47 Å². The van der Waals surface area contributed by atoms with Crippen molar-refractivity contribution in [3.05, 3.63) is 57.6 Å². The maximum absolute atomic E-state index is 13.8. The van der Waals surface area contributed by atoms with Gasteiger partial charge in [-0.3, -0.25) is 4.79 Å². The van der Waals surface area contributed by atoms with E-state index in [1.807, 2.05) is 10.8 Å². The van der Waals surface area contributed by atoms with Crippen molar-refractivity contribution in [3.8, 4) is 0 Å². The van der Waals surface area contributed by atoms with Crippen molar-refractivity contribution >= 4 is 27.8 Å². The number of aromatic nitrogens is 1. The number of esters is 1. The lowest BCUT2D eigenvalue weighted by Gasteiger charge is -2.36. The number of carbonyl (C=O) groups is 2. The molecule has 1 aromatic heterocycles. The average molecular weight is 425 g/mol. The Morgan fingerprint density at radius 1 is 1.35 bits per heavy atom. The van der Waals surface area contributed by atoms with Crippen LogP contribution in [0.3, 0.4) is 0 Å². The lowest BCUT2D eigenvalue weighted by Crippen LogP contribution is -2.49. The molecule has 2 heterocycles. The number of amides is 1. The minimum absolute atomic E-state index is 0.0812. The highest BCUT2D eigenvalue weighted by Gasteiger charge is 2.33. The van der Waals surface area contributed by atoms with Gasteiger partial charge in [-0.2, -0.15) is 0 Å². The number of rotatable bonds is 5. The summed E-state index contributed by atoms with van der Waals surface area (Å²) in [4.78, 5) is 26.6. The van der Waals surface area contributed by atoms with Crippen molar-refractivity contribution in [3.63, 3.8) is 0 Å². The average Bonchev–Trinajstić information content (AvgIpc) is 2.98. The van der Waals surface area contributed by atoms with Gasteiger partial charge in [0.15, 0.2) is 0 Å². The SMILES string of the molecule is COC[C@H]1Cn2cc(Br)cc2C(=O)N1Cc1cc(F)ccc1C(=O)OC. The zero-order valence-corrected chi connectivity index (χ0v) is 16.0. The predicted octanol–water partition coefficient (Wildman–Crippen LogP) is 2.85. The molecule has 2 aromatic rings. The van der Waals surface area contributed by atoms with Crippen LogP contribution in [0.5, 0.6) is 0 Å². The fourth-order valence-electron chi connectivity index (χ4n) is 3.17. The zero-order valence-electron chi connectivity index (χ0n) is 14.4. The lowest BCUT2D eigenvalue weighted by atomic mass is 10.0. The predicted molar refractivity (Wildman–Crippen MR) is 95.4 cm³/mol. The number of hydrogen-bond acceptors (Lipinski definition) is 4. The smallest absolute Gasteiger partial charge is 0.338 e. The highest BCUT2D eigenvalue weighted by molar-refractivity contribution is 9.10. The molecule has 0 unspecified atom stereocenters. The Morgan fingerprint density at radius 2 is 2.12 bits per heavy atom. The molecular weight excluding hydrogens is 407 g/mol. The Balaban J connectivity index is 1.98. The van der Waals surface area contributed by atoms with Crippen LogP contribution in [-0.2, 0) is 22.6 Å². The van der Waals surface area contributed by atoms with Crippen LogP contribution in [0.2, 0.25) is 0 Å². The first-order valence-corrected chi connectivity index (χ1v) is 8.76. The van der Waals surface area contributed by atoms with E-state index in [0.717, 1.165) is 4.47 Å². The van der Waals surface area contributed by atoms with Crippen LogP contribution >= 0.6 is 15.9 Å². The summed E-state index contributed by atoms with van der Waals surface area (Å²) in [6.07, 6.45) is 1.84. The van der Waals surface area contributed by atoms with Gasteiger partial charge in [-0.05, 0) is 45.8 Å². The van der Waals surface area contributed by atoms with Gasteiger partial charge in [0.2, 0.25) is 0 Å². The summed E-state index contributed by atoms with van der Waals surface area (Å²) in [6.45, 7) is 0.949. The fraction of sp³-hybridized carbons (Fsp3) is 0.333.